The van der Waals surface area contributed by atoms with Gasteiger partial charge in [-0.15, -0.1) is 0 Å². The maximum absolute atomic E-state index is 4.45. The van der Waals surface area contributed by atoms with Gasteiger partial charge in [-0.2, -0.15) is 0 Å². The third-order valence-electron chi connectivity index (χ3n) is 2.86. The van der Waals surface area contributed by atoms with Gasteiger partial charge in [0.1, 0.15) is 0 Å². The summed E-state index contributed by atoms with van der Waals surface area (Å²) in [6.45, 7) is 4.37. The molecule has 15 heavy (non-hydrogen) atoms. The minimum absolute atomic E-state index is 0.611. The number of nitrogens with zero attached hydrogens (tertiary/aromatic N) is 1. The number of pyridine rings is 1. The van der Waals surface area contributed by atoms with Crippen LogP contribution in [0.3, 0.4) is 0 Å². The highest BCUT2D eigenvalue weighted by atomic mass is 14.8. The van der Waals surface area contributed by atoms with Crippen LogP contribution in [-0.2, 0) is 12.8 Å². The third-order valence-corrected chi connectivity index (χ3v) is 2.86. The van der Waals surface area contributed by atoms with Gasteiger partial charge < -0.3 is 5.32 Å². The number of rotatable bonds is 6. The monoisotopic (exact) mass is 206 g/mol. The Morgan fingerprint density at radius 3 is 2.73 bits per heavy atom. The Hall–Kier alpha value is -0.890. The van der Waals surface area contributed by atoms with Crippen molar-refractivity contribution < 1.29 is 0 Å². The fourth-order valence-corrected chi connectivity index (χ4v) is 1.55. The first-order chi connectivity index (χ1) is 7.26. The zero-order valence-electron chi connectivity index (χ0n) is 10.1. The average molecular weight is 206 g/mol. The van der Waals surface area contributed by atoms with Gasteiger partial charge in [-0.1, -0.05) is 13.0 Å². The Kier molecular flexibility index (Phi) is 5.33. The van der Waals surface area contributed by atoms with E-state index in [2.05, 4.69) is 36.3 Å². The molecular weight excluding hydrogens is 184 g/mol. The molecule has 0 aliphatic rings. The van der Waals surface area contributed by atoms with E-state index in [1.54, 1.807) is 0 Å². The van der Waals surface area contributed by atoms with Crippen LogP contribution in [0.2, 0.25) is 0 Å². The lowest BCUT2D eigenvalue weighted by atomic mass is 10.1. The van der Waals surface area contributed by atoms with Crippen molar-refractivity contribution in [3.8, 4) is 0 Å². The molecule has 0 saturated heterocycles. The second kappa shape index (κ2) is 6.57. The molecule has 0 spiro atoms. The summed E-state index contributed by atoms with van der Waals surface area (Å²) in [4.78, 5) is 4.45. The molecule has 0 fully saturated rings. The number of nitrogens with one attached hydrogen (secondary N) is 1. The zero-order valence-corrected chi connectivity index (χ0v) is 10.1. The van der Waals surface area contributed by atoms with Crippen molar-refractivity contribution >= 4 is 0 Å². The van der Waals surface area contributed by atoms with Gasteiger partial charge in [-0.3, -0.25) is 4.98 Å². The van der Waals surface area contributed by atoms with Crippen LogP contribution in [0.1, 0.15) is 37.9 Å². The summed E-state index contributed by atoms with van der Waals surface area (Å²) in [6.07, 6.45) is 6.59. The number of aromatic nitrogens is 1. The Bertz CT molecular complexity index is 266. The molecule has 0 radical (unpaired) electrons. The maximum Gasteiger partial charge on any atom is 0.0403 e. The summed E-state index contributed by atoms with van der Waals surface area (Å²) in [5, 5.41) is 3.25. The van der Waals surface area contributed by atoms with Crippen LogP contribution in [0.5, 0.6) is 0 Å². The minimum atomic E-state index is 0.611. The van der Waals surface area contributed by atoms with Gasteiger partial charge in [0.25, 0.3) is 0 Å². The molecule has 1 unspecified atom stereocenters. The Labute approximate surface area is 93.1 Å². The van der Waals surface area contributed by atoms with Crippen LogP contribution < -0.4 is 5.32 Å². The molecule has 1 rings (SSSR count). The molecule has 0 aromatic carbocycles. The van der Waals surface area contributed by atoms with E-state index in [4.69, 9.17) is 0 Å². The normalized spacial score (nSPS) is 12.7. The summed E-state index contributed by atoms with van der Waals surface area (Å²) < 4.78 is 0. The molecule has 0 aliphatic heterocycles. The first kappa shape index (κ1) is 12.2. The van der Waals surface area contributed by atoms with E-state index in [9.17, 15) is 0 Å². The van der Waals surface area contributed by atoms with Crippen LogP contribution in [-0.4, -0.2) is 18.1 Å². The average Bonchev–Trinajstić information content (AvgIpc) is 2.29. The molecule has 1 atom stereocenters. The second-order valence-corrected chi connectivity index (χ2v) is 4.09. The standard InChI is InChI=1S/C13H22N2/c1-4-12-8-9-13(15-10-12)7-5-6-11(2)14-3/h8-11,14H,4-7H2,1-3H3. The van der Waals surface area contributed by atoms with Crippen molar-refractivity contribution in [2.45, 2.75) is 45.6 Å². The second-order valence-electron chi connectivity index (χ2n) is 4.09. The number of hydrogen-bond donors (Lipinski definition) is 1. The van der Waals surface area contributed by atoms with Crippen molar-refractivity contribution in [3.05, 3.63) is 29.6 Å². The summed E-state index contributed by atoms with van der Waals surface area (Å²) in [7, 11) is 2.01. The highest BCUT2D eigenvalue weighted by molar-refractivity contribution is 5.13. The predicted octanol–water partition coefficient (Wildman–Crippen LogP) is 2.57. The lowest BCUT2D eigenvalue weighted by molar-refractivity contribution is 0.540. The van der Waals surface area contributed by atoms with Gasteiger partial charge in [0.05, 0.1) is 0 Å². The van der Waals surface area contributed by atoms with Gasteiger partial charge in [0.2, 0.25) is 0 Å². The van der Waals surface area contributed by atoms with Gasteiger partial charge in [0.15, 0.2) is 0 Å². The van der Waals surface area contributed by atoms with Crippen LogP contribution >= 0.6 is 0 Å². The highest BCUT2D eigenvalue weighted by Gasteiger charge is 1.99. The van der Waals surface area contributed by atoms with Crippen molar-refractivity contribution in [1.82, 2.24) is 10.3 Å². The molecule has 1 heterocycles. The molecule has 1 N–H and O–H groups in total. The van der Waals surface area contributed by atoms with Crippen molar-refractivity contribution in [2.75, 3.05) is 7.05 Å². The number of aryl methyl sites for hydroxylation is 2. The lowest BCUT2D eigenvalue weighted by Gasteiger charge is -2.09. The van der Waals surface area contributed by atoms with E-state index in [-0.39, 0.29) is 0 Å². The summed E-state index contributed by atoms with van der Waals surface area (Å²) in [5.41, 5.74) is 2.54. The Morgan fingerprint density at radius 1 is 1.40 bits per heavy atom. The Morgan fingerprint density at radius 2 is 2.20 bits per heavy atom. The molecule has 84 valence electrons. The van der Waals surface area contributed by atoms with Gasteiger partial charge in [-0.25, -0.2) is 0 Å². The van der Waals surface area contributed by atoms with Crippen LogP contribution in [0.25, 0.3) is 0 Å². The smallest absolute Gasteiger partial charge is 0.0403 e. The van der Waals surface area contributed by atoms with Crippen LogP contribution in [0, 0.1) is 0 Å². The maximum atomic E-state index is 4.45. The van der Waals surface area contributed by atoms with Crippen molar-refractivity contribution in [1.29, 1.82) is 0 Å². The molecule has 1 aromatic heterocycles. The van der Waals surface area contributed by atoms with E-state index in [0.717, 1.165) is 12.8 Å². The first-order valence-electron chi connectivity index (χ1n) is 5.87. The van der Waals surface area contributed by atoms with Crippen molar-refractivity contribution in [3.63, 3.8) is 0 Å². The lowest BCUT2D eigenvalue weighted by Crippen LogP contribution is -2.20. The van der Waals surface area contributed by atoms with Gasteiger partial charge >= 0.3 is 0 Å². The molecule has 0 amide bonds. The first-order valence-corrected chi connectivity index (χ1v) is 5.87. The van der Waals surface area contributed by atoms with Crippen LogP contribution in [0.15, 0.2) is 18.3 Å². The molecular formula is C13H22N2. The van der Waals surface area contributed by atoms with E-state index in [0.29, 0.717) is 6.04 Å². The summed E-state index contributed by atoms with van der Waals surface area (Å²) in [5.74, 6) is 0. The SMILES string of the molecule is CCc1ccc(CCCC(C)NC)nc1. The quantitative estimate of drug-likeness (QED) is 0.774. The van der Waals surface area contributed by atoms with E-state index < -0.39 is 0 Å². The third kappa shape index (κ3) is 4.43. The largest absolute Gasteiger partial charge is 0.317 e. The molecule has 0 aliphatic carbocycles. The zero-order chi connectivity index (χ0) is 11.1. The van der Waals surface area contributed by atoms with Crippen LogP contribution in [0.4, 0.5) is 0 Å². The van der Waals surface area contributed by atoms with E-state index >= 15 is 0 Å². The molecule has 0 bridgehead atoms. The topological polar surface area (TPSA) is 24.9 Å². The Balaban J connectivity index is 2.31. The van der Waals surface area contributed by atoms with E-state index in [1.807, 2.05) is 13.2 Å². The van der Waals surface area contributed by atoms with E-state index in [1.165, 1.54) is 24.1 Å². The fraction of sp³-hybridized carbons (Fsp3) is 0.615. The fourth-order valence-electron chi connectivity index (χ4n) is 1.55. The predicted molar refractivity (Wildman–Crippen MR) is 65.1 cm³/mol. The van der Waals surface area contributed by atoms with Crippen molar-refractivity contribution in [2.24, 2.45) is 0 Å². The minimum Gasteiger partial charge on any atom is -0.317 e. The molecule has 0 saturated carbocycles. The van der Waals surface area contributed by atoms with Gasteiger partial charge in [0, 0.05) is 17.9 Å². The summed E-state index contributed by atoms with van der Waals surface area (Å²) in [6, 6.07) is 4.95. The molecule has 1 aromatic rings. The highest BCUT2D eigenvalue weighted by Crippen LogP contribution is 2.06. The number of hydrogen-bond acceptors (Lipinski definition) is 2. The molecule has 2 heteroatoms. The summed E-state index contributed by atoms with van der Waals surface area (Å²) >= 11 is 0. The molecule has 2 nitrogen and oxygen atoms in total. The van der Waals surface area contributed by atoms with Gasteiger partial charge in [-0.05, 0) is 51.3 Å².